The van der Waals surface area contributed by atoms with Crippen LogP contribution in [0.1, 0.15) is 48.4 Å². The summed E-state index contributed by atoms with van der Waals surface area (Å²) in [5.41, 5.74) is 11.3. The van der Waals surface area contributed by atoms with Crippen molar-refractivity contribution in [3.63, 3.8) is 0 Å². The first-order valence-electron chi connectivity index (χ1n) is 8.47. The van der Waals surface area contributed by atoms with E-state index in [-0.39, 0.29) is 17.5 Å². The summed E-state index contributed by atoms with van der Waals surface area (Å²) < 4.78 is 5.40. The molecule has 0 aromatic heterocycles. The van der Waals surface area contributed by atoms with Gasteiger partial charge in [0.2, 0.25) is 5.91 Å². The van der Waals surface area contributed by atoms with Crippen molar-refractivity contribution >= 4 is 23.6 Å². The number of primary amides is 1. The molecule has 142 valence electrons. The number of hydrogen-bond donors (Lipinski definition) is 2. The molecule has 3 amide bonds. The molecule has 1 aromatic carbocycles. The lowest BCUT2D eigenvalue weighted by Crippen LogP contribution is -2.56. The number of anilines is 1. The highest BCUT2D eigenvalue weighted by molar-refractivity contribution is 6.00. The number of piperazine rings is 1. The van der Waals surface area contributed by atoms with Gasteiger partial charge in [-0.05, 0) is 45.9 Å². The van der Waals surface area contributed by atoms with Crippen LogP contribution in [-0.2, 0) is 4.74 Å². The Kier molecular flexibility index (Phi) is 5.44. The van der Waals surface area contributed by atoms with Crippen LogP contribution in [0.25, 0.3) is 0 Å². The highest BCUT2D eigenvalue weighted by atomic mass is 16.6. The Balaban J connectivity index is 2.10. The fourth-order valence-electron chi connectivity index (χ4n) is 2.83. The Morgan fingerprint density at radius 2 is 1.73 bits per heavy atom. The van der Waals surface area contributed by atoms with E-state index in [0.29, 0.717) is 30.9 Å². The first-order chi connectivity index (χ1) is 12.0. The average molecular weight is 362 g/mol. The minimum absolute atomic E-state index is 0.189. The summed E-state index contributed by atoms with van der Waals surface area (Å²) in [5, 5.41) is 0. The molecule has 1 aliphatic rings. The number of benzene rings is 1. The Morgan fingerprint density at radius 3 is 2.27 bits per heavy atom. The van der Waals surface area contributed by atoms with Crippen molar-refractivity contribution in [2.75, 3.05) is 25.4 Å². The van der Waals surface area contributed by atoms with Gasteiger partial charge in [0.05, 0.1) is 0 Å². The summed E-state index contributed by atoms with van der Waals surface area (Å²) in [5.74, 6) is -0.898. The van der Waals surface area contributed by atoms with Crippen LogP contribution in [0.5, 0.6) is 0 Å². The van der Waals surface area contributed by atoms with Gasteiger partial charge in [-0.25, -0.2) is 4.79 Å². The molecule has 4 N–H and O–H groups in total. The number of ether oxygens (including phenoxy) is 1. The highest BCUT2D eigenvalue weighted by Crippen LogP contribution is 2.19. The normalized spacial score (nSPS) is 17.8. The van der Waals surface area contributed by atoms with Crippen LogP contribution in [0.15, 0.2) is 18.2 Å². The van der Waals surface area contributed by atoms with Crippen LogP contribution in [0.3, 0.4) is 0 Å². The quantitative estimate of drug-likeness (QED) is 0.772. The number of nitrogen functional groups attached to an aromatic ring is 1. The first kappa shape index (κ1) is 19.6. The molecule has 26 heavy (non-hydrogen) atoms. The van der Waals surface area contributed by atoms with Gasteiger partial charge < -0.3 is 26.0 Å². The fraction of sp³-hybridized carbons (Fsp3) is 0.500. The van der Waals surface area contributed by atoms with Gasteiger partial charge in [0, 0.05) is 42.5 Å². The second kappa shape index (κ2) is 7.23. The summed E-state index contributed by atoms with van der Waals surface area (Å²) in [4.78, 5) is 39.6. The number of nitrogens with two attached hydrogens (primary N) is 2. The smallest absolute Gasteiger partial charge is 0.410 e. The summed E-state index contributed by atoms with van der Waals surface area (Å²) in [6.07, 6.45) is -0.392. The maximum Gasteiger partial charge on any atom is 0.410 e. The van der Waals surface area contributed by atoms with Crippen LogP contribution < -0.4 is 11.5 Å². The van der Waals surface area contributed by atoms with Crippen LogP contribution in [0.4, 0.5) is 10.5 Å². The van der Waals surface area contributed by atoms with Gasteiger partial charge in [-0.3, -0.25) is 9.59 Å². The van der Waals surface area contributed by atoms with E-state index in [1.54, 1.807) is 9.80 Å². The molecule has 1 aliphatic heterocycles. The van der Waals surface area contributed by atoms with E-state index in [2.05, 4.69) is 0 Å². The van der Waals surface area contributed by atoms with Crippen LogP contribution >= 0.6 is 0 Å². The van der Waals surface area contributed by atoms with Crippen LogP contribution in [-0.4, -0.2) is 59.0 Å². The lowest BCUT2D eigenvalue weighted by molar-refractivity contribution is 0.00198. The summed E-state index contributed by atoms with van der Waals surface area (Å²) in [6, 6.07) is 4.19. The van der Waals surface area contributed by atoms with Gasteiger partial charge in [-0.15, -0.1) is 0 Å². The molecule has 0 saturated carbocycles. The number of carbonyl (C=O) groups is 3. The van der Waals surface area contributed by atoms with Gasteiger partial charge in [0.1, 0.15) is 5.60 Å². The van der Waals surface area contributed by atoms with Crippen molar-refractivity contribution in [3.8, 4) is 0 Å². The van der Waals surface area contributed by atoms with Crippen molar-refractivity contribution in [3.05, 3.63) is 29.3 Å². The van der Waals surface area contributed by atoms with E-state index in [1.807, 2.05) is 27.7 Å². The third-order valence-electron chi connectivity index (χ3n) is 4.03. The zero-order chi connectivity index (χ0) is 19.6. The molecule has 1 fully saturated rings. The average Bonchev–Trinajstić information content (AvgIpc) is 2.51. The fourth-order valence-corrected chi connectivity index (χ4v) is 2.83. The van der Waals surface area contributed by atoms with E-state index >= 15 is 0 Å². The zero-order valence-electron chi connectivity index (χ0n) is 15.6. The largest absolute Gasteiger partial charge is 0.444 e. The predicted molar refractivity (Wildman–Crippen MR) is 97.7 cm³/mol. The number of hydrogen-bond acceptors (Lipinski definition) is 5. The SMILES string of the molecule is C[C@H]1CN(C(=O)c2cc(N)cc(C(N)=O)c2)CCN1C(=O)OC(C)(C)C. The topological polar surface area (TPSA) is 119 Å². The second-order valence-electron chi connectivity index (χ2n) is 7.48. The molecular formula is C18H26N4O4. The summed E-state index contributed by atoms with van der Waals surface area (Å²) >= 11 is 0. The standard InChI is InChI=1S/C18H26N4O4/c1-11-10-21(5-6-22(11)17(25)26-18(2,3)4)16(24)13-7-12(15(20)23)8-14(19)9-13/h7-9,11H,5-6,10,19H2,1-4H3,(H2,20,23)/t11-/m0/s1. The van der Waals surface area contributed by atoms with Crippen molar-refractivity contribution in [1.82, 2.24) is 9.80 Å². The molecule has 0 radical (unpaired) electrons. The van der Waals surface area contributed by atoms with Crippen LogP contribution in [0, 0.1) is 0 Å². The van der Waals surface area contributed by atoms with Gasteiger partial charge in [-0.1, -0.05) is 0 Å². The molecule has 1 saturated heterocycles. The molecule has 2 rings (SSSR count). The first-order valence-corrected chi connectivity index (χ1v) is 8.47. The summed E-state index contributed by atoms with van der Waals surface area (Å²) in [6.45, 7) is 8.38. The number of nitrogens with zero attached hydrogens (tertiary/aromatic N) is 2. The van der Waals surface area contributed by atoms with Crippen molar-refractivity contribution in [1.29, 1.82) is 0 Å². The molecule has 0 unspecified atom stereocenters. The molecule has 8 nitrogen and oxygen atoms in total. The van der Waals surface area contributed by atoms with Gasteiger partial charge in [-0.2, -0.15) is 0 Å². The predicted octanol–water partition coefficient (Wildman–Crippen LogP) is 1.45. The van der Waals surface area contributed by atoms with Crippen molar-refractivity contribution in [2.24, 2.45) is 5.73 Å². The lowest BCUT2D eigenvalue weighted by Gasteiger charge is -2.40. The maximum absolute atomic E-state index is 12.8. The van der Waals surface area contributed by atoms with Crippen molar-refractivity contribution in [2.45, 2.75) is 39.3 Å². The Labute approximate surface area is 153 Å². The van der Waals surface area contributed by atoms with E-state index in [1.165, 1.54) is 18.2 Å². The molecule has 1 atom stereocenters. The molecule has 1 heterocycles. The molecule has 8 heteroatoms. The van der Waals surface area contributed by atoms with Crippen LogP contribution in [0.2, 0.25) is 0 Å². The Hall–Kier alpha value is -2.77. The monoisotopic (exact) mass is 362 g/mol. The van der Waals surface area contributed by atoms with E-state index in [4.69, 9.17) is 16.2 Å². The molecule has 0 aliphatic carbocycles. The number of carbonyl (C=O) groups excluding carboxylic acids is 3. The van der Waals surface area contributed by atoms with E-state index in [0.717, 1.165) is 0 Å². The zero-order valence-corrected chi connectivity index (χ0v) is 15.6. The number of rotatable bonds is 2. The minimum atomic E-state index is -0.644. The number of amides is 3. The lowest BCUT2D eigenvalue weighted by atomic mass is 10.1. The maximum atomic E-state index is 12.8. The van der Waals surface area contributed by atoms with E-state index in [9.17, 15) is 14.4 Å². The summed E-state index contributed by atoms with van der Waals surface area (Å²) in [7, 11) is 0. The van der Waals surface area contributed by atoms with Crippen molar-refractivity contribution < 1.29 is 19.1 Å². The van der Waals surface area contributed by atoms with Gasteiger partial charge in [0.25, 0.3) is 5.91 Å². The third-order valence-corrected chi connectivity index (χ3v) is 4.03. The van der Waals surface area contributed by atoms with E-state index < -0.39 is 17.6 Å². The minimum Gasteiger partial charge on any atom is -0.444 e. The third kappa shape index (κ3) is 4.65. The molecular weight excluding hydrogens is 336 g/mol. The molecule has 0 spiro atoms. The Bertz CT molecular complexity index is 726. The Morgan fingerprint density at radius 1 is 1.12 bits per heavy atom. The highest BCUT2D eigenvalue weighted by Gasteiger charge is 2.33. The second-order valence-corrected chi connectivity index (χ2v) is 7.48. The molecule has 0 bridgehead atoms. The molecule has 1 aromatic rings. The van der Waals surface area contributed by atoms with Gasteiger partial charge in [0.15, 0.2) is 0 Å². The van der Waals surface area contributed by atoms with Gasteiger partial charge >= 0.3 is 6.09 Å².